The van der Waals surface area contributed by atoms with Crippen molar-refractivity contribution in [2.75, 3.05) is 5.32 Å². The van der Waals surface area contributed by atoms with Crippen molar-refractivity contribution in [3.63, 3.8) is 0 Å². The molecule has 23 heavy (non-hydrogen) atoms. The van der Waals surface area contributed by atoms with Gasteiger partial charge in [0.05, 0.1) is 23.6 Å². The number of benzene rings is 1. The topological polar surface area (TPSA) is 73.0 Å². The van der Waals surface area contributed by atoms with Crippen molar-refractivity contribution in [3.05, 3.63) is 54.0 Å². The molecule has 2 aromatic heterocycles. The Bertz CT molecular complexity index is 843. The zero-order valence-electron chi connectivity index (χ0n) is 12.1. The Labute approximate surface area is 129 Å². The summed E-state index contributed by atoms with van der Waals surface area (Å²) in [4.78, 5) is 12.5. The van der Waals surface area contributed by atoms with Gasteiger partial charge in [0.25, 0.3) is 5.91 Å². The maximum absolute atomic E-state index is 13.7. The van der Waals surface area contributed by atoms with Crippen LogP contribution in [0.15, 0.2) is 41.2 Å². The molecule has 1 aromatic carbocycles. The Balaban J connectivity index is 1.99. The van der Waals surface area contributed by atoms with Gasteiger partial charge in [0.2, 0.25) is 0 Å². The molecule has 3 rings (SSSR count). The number of aryl methyl sites for hydroxylation is 1. The van der Waals surface area contributed by atoms with Crippen LogP contribution in [-0.4, -0.2) is 20.8 Å². The average molecular weight is 318 g/mol. The molecule has 3 aromatic rings. The van der Waals surface area contributed by atoms with Gasteiger partial charge in [-0.1, -0.05) is 5.16 Å². The number of hydrogen-bond acceptors (Lipinski definition) is 4. The number of aromatic nitrogens is 3. The second-order valence-electron chi connectivity index (χ2n) is 4.68. The molecule has 0 saturated carbocycles. The fourth-order valence-corrected chi connectivity index (χ4v) is 2.17. The SMILES string of the molecule is CCn1ncc(-c2ccno2)c1C(=O)Nc1cc(F)ccc1F. The fraction of sp³-hybridized carbons (Fsp3) is 0.133. The summed E-state index contributed by atoms with van der Waals surface area (Å²) in [6, 6.07) is 4.41. The zero-order chi connectivity index (χ0) is 16.4. The molecule has 0 atom stereocenters. The van der Waals surface area contributed by atoms with Gasteiger partial charge >= 0.3 is 0 Å². The van der Waals surface area contributed by atoms with Gasteiger partial charge in [-0.15, -0.1) is 0 Å². The van der Waals surface area contributed by atoms with Gasteiger partial charge in [-0.2, -0.15) is 5.10 Å². The first kappa shape index (κ1) is 14.9. The van der Waals surface area contributed by atoms with E-state index in [0.29, 0.717) is 17.9 Å². The molecule has 118 valence electrons. The lowest BCUT2D eigenvalue weighted by molar-refractivity contribution is 0.101. The van der Waals surface area contributed by atoms with Crippen LogP contribution in [0.3, 0.4) is 0 Å². The summed E-state index contributed by atoms with van der Waals surface area (Å²) in [5.41, 5.74) is 0.342. The second kappa shape index (κ2) is 5.99. The van der Waals surface area contributed by atoms with Crippen molar-refractivity contribution in [2.24, 2.45) is 0 Å². The number of nitrogens with zero attached hydrogens (tertiary/aromatic N) is 3. The Morgan fingerprint density at radius 3 is 2.87 bits per heavy atom. The minimum atomic E-state index is -0.733. The highest BCUT2D eigenvalue weighted by Gasteiger charge is 2.22. The molecule has 0 unspecified atom stereocenters. The van der Waals surface area contributed by atoms with E-state index in [2.05, 4.69) is 15.6 Å². The summed E-state index contributed by atoms with van der Waals surface area (Å²) in [5, 5.41) is 10.0. The lowest BCUT2D eigenvalue weighted by Gasteiger charge is -2.09. The van der Waals surface area contributed by atoms with Crippen molar-refractivity contribution >= 4 is 11.6 Å². The molecular weight excluding hydrogens is 306 g/mol. The normalized spacial score (nSPS) is 10.7. The van der Waals surface area contributed by atoms with E-state index in [1.54, 1.807) is 13.0 Å². The number of carbonyl (C=O) groups excluding carboxylic acids is 1. The highest BCUT2D eigenvalue weighted by atomic mass is 19.1. The molecule has 0 saturated heterocycles. The quantitative estimate of drug-likeness (QED) is 0.802. The maximum atomic E-state index is 13.7. The second-order valence-corrected chi connectivity index (χ2v) is 4.68. The first-order valence-electron chi connectivity index (χ1n) is 6.83. The van der Waals surface area contributed by atoms with Crippen LogP contribution < -0.4 is 5.32 Å². The summed E-state index contributed by atoms with van der Waals surface area (Å²) in [6.07, 6.45) is 2.90. The first-order valence-corrected chi connectivity index (χ1v) is 6.83. The standard InChI is InChI=1S/C15H12F2N4O2/c1-2-21-14(10(8-18-21)13-5-6-19-23-13)15(22)20-12-7-9(16)3-4-11(12)17/h3-8H,2H2,1H3,(H,20,22). The summed E-state index contributed by atoms with van der Waals surface area (Å²) in [6.45, 7) is 2.22. The smallest absolute Gasteiger partial charge is 0.274 e. The number of carbonyl (C=O) groups is 1. The molecule has 6 nitrogen and oxygen atoms in total. The summed E-state index contributed by atoms with van der Waals surface area (Å²) < 4.78 is 33.4. The van der Waals surface area contributed by atoms with Crippen LogP contribution in [0.2, 0.25) is 0 Å². The number of rotatable bonds is 4. The summed E-state index contributed by atoms with van der Waals surface area (Å²) >= 11 is 0. The zero-order valence-corrected chi connectivity index (χ0v) is 12.1. The van der Waals surface area contributed by atoms with Gasteiger partial charge in [0, 0.05) is 18.7 Å². The predicted octanol–water partition coefficient (Wildman–Crippen LogP) is 3.09. The van der Waals surface area contributed by atoms with E-state index in [4.69, 9.17) is 4.52 Å². The Kier molecular flexibility index (Phi) is 3.88. The van der Waals surface area contributed by atoms with Crippen molar-refractivity contribution in [1.82, 2.24) is 14.9 Å². The molecule has 0 radical (unpaired) electrons. The molecule has 0 bridgehead atoms. The van der Waals surface area contributed by atoms with E-state index >= 15 is 0 Å². The fourth-order valence-electron chi connectivity index (χ4n) is 2.17. The van der Waals surface area contributed by atoms with Crippen LogP contribution >= 0.6 is 0 Å². The monoisotopic (exact) mass is 318 g/mol. The van der Waals surface area contributed by atoms with Gasteiger partial charge in [-0.3, -0.25) is 9.48 Å². The van der Waals surface area contributed by atoms with Gasteiger partial charge < -0.3 is 9.84 Å². The molecule has 1 amide bonds. The third-order valence-corrected chi connectivity index (χ3v) is 3.23. The number of hydrogen-bond donors (Lipinski definition) is 1. The van der Waals surface area contributed by atoms with Crippen LogP contribution in [0.25, 0.3) is 11.3 Å². The number of nitrogens with one attached hydrogen (secondary N) is 1. The third-order valence-electron chi connectivity index (χ3n) is 3.23. The number of amides is 1. The minimum Gasteiger partial charge on any atom is -0.356 e. The molecule has 0 fully saturated rings. The maximum Gasteiger partial charge on any atom is 0.274 e. The number of halogens is 2. The average Bonchev–Trinajstić information content (AvgIpc) is 3.18. The van der Waals surface area contributed by atoms with Gasteiger partial charge in [0.1, 0.15) is 17.3 Å². The van der Waals surface area contributed by atoms with E-state index in [0.717, 1.165) is 18.2 Å². The first-order chi connectivity index (χ1) is 11.1. The molecule has 0 aliphatic carbocycles. The molecule has 0 spiro atoms. The Morgan fingerprint density at radius 1 is 1.35 bits per heavy atom. The largest absolute Gasteiger partial charge is 0.356 e. The van der Waals surface area contributed by atoms with Crippen molar-refractivity contribution in [3.8, 4) is 11.3 Å². The van der Waals surface area contributed by atoms with E-state index in [1.807, 2.05) is 0 Å². The highest BCUT2D eigenvalue weighted by molar-refractivity contribution is 6.07. The predicted molar refractivity (Wildman–Crippen MR) is 77.7 cm³/mol. The highest BCUT2D eigenvalue weighted by Crippen LogP contribution is 2.25. The Hall–Kier alpha value is -3.03. The van der Waals surface area contributed by atoms with Crippen molar-refractivity contribution < 1.29 is 18.1 Å². The van der Waals surface area contributed by atoms with Gasteiger partial charge in [-0.25, -0.2) is 8.78 Å². The van der Waals surface area contributed by atoms with Crippen molar-refractivity contribution in [2.45, 2.75) is 13.5 Å². The van der Waals surface area contributed by atoms with E-state index in [9.17, 15) is 13.6 Å². The van der Waals surface area contributed by atoms with E-state index < -0.39 is 17.5 Å². The lowest BCUT2D eigenvalue weighted by atomic mass is 10.2. The Morgan fingerprint density at radius 2 is 2.17 bits per heavy atom. The molecule has 1 N–H and O–H groups in total. The molecule has 0 aliphatic rings. The third kappa shape index (κ3) is 2.83. The molecule has 0 aliphatic heterocycles. The molecule has 8 heteroatoms. The number of anilines is 1. The summed E-state index contributed by atoms with van der Waals surface area (Å²) in [7, 11) is 0. The lowest BCUT2D eigenvalue weighted by Crippen LogP contribution is -2.19. The summed E-state index contributed by atoms with van der Waals surface area (Å²) in [5.74, 6) is -1.65. The van der Waals surface area contributed by atoms with E-state index in [-0.39, 0.29) is 11.4 Å². The van der Waals surface area contributed by atoms with Crippen molar-refractivity contribution in [1.29, 1.82) is 0 Å². The van der Waals surface area contributed by atoms with Crippen LogP contribution in [-0.2, 0) is 6.54 Å². The van der Waals surface area contributed by atoms with Crippen LogP contribution in [0.4, 0.5) is 14.5 Å². The van der Waals surface area contributed by atoms with Crippen LogP contribution in [0.1, 0.15) is 17.4 Å². The van der Waals surface area contributed by atoms with Crippen LogP contribution in [0.5, 0.6) is 0 Å². The molecule has 2 heterocycles. The molecular formula is C15H12F2N4O2. The van der Waals surface area contributed by atoms with E-state index in [1.165, 1.54) is 17.1 Å². The van der Waals surface area contributed by atoms with Gasteiger partial charge in [-0.05, 0) is 19.1 Å². The minimum absolute atomic E-state index is 0.174. The van der Waals surface area contributed by atoms with Gasteiger partial charge in [0.15, 0.2) is 5.76 Å². The van der Waals surface area contributed by atoms with Crippen LogP contribution in [0, 0.1) is 11.6 Å².